The zero-order valence-electron chi connectivity index (χ0n) is 26.0. The van der Waals surface area contributed by atoms with Crippen LogP contribution in [0.4, 0.5) is 19.0 Å². The van der Waals surface area contributed by atoms with E-state index in [0.29, 0.717) is 40.4 Å². The molecular formula is C35H38F3N7S. The number of nitrogens with one attached hydrogen (secondary N) is 1. The van der Waals surface area contributed by atoms with Crippen molar-refractivity contribution in [2.24, 2.45) is 0 Å². The third-order valence-corrected chi connectivity index (χ3v) is 10.3. The summed E-state index contributed by atoms with van der Waals surface area (Å²) in [5, 5.41) is 15.3. The molecule has 0 atom stereocenters. The van der Waals surface area contributed by atoms with Crippen LogP contribution in [0, 0.1) is 31.1 Å². The number of allylic oxidation sites excluding steroid dienone is 1. The van der Waals surface area contributed by atoms with Crippen molar-refractivity contribution >= 4 is 38.3 Å². The maximum atomic E-state index is 12.9. The molecule has 0 amide bonds. The minimum Gasteiger partial charge on any atom is -0.368 e. The number of nitrogens with zero attached hydrogens (tertiary/aromatic N) is 6. The van der Waals surface area contributed by atoms with Gasteiger partial charge in [0.15, 0.2) is 0 Å². The van der Waals surface area contributed by atoms with E-state index >= 15 is 0 Å². The Hall–Kier alpha value is -4.06. The maximum Gasteiger partial charge on any atom is 0.393 e. The molecule has 0 unspecified atom stereocenters. The molecule has 2 aliphatic carbocycles. The Morgan fingerprint density at radius 1 is 1.09 bits per heavy atom. The van der Waals surface area contributed by atoms with E-state index in [1.54, 1.807) is 6.07 Å². The third kappa shape index (κ3) is 6.86. The number of benzene rings is 1. The van der Waals surface area contributed by atoms with Gasteiger partial charge in [0.2, 0.25) is 0 Å². The number of nitriles is 1. The number of aromatic nitrogens is 3. The molecule has 4 heterocycles. The van der Waals surface area contributed by atoms with E-state index in [0.717, 1.165) is 60.4 Å². The van der Waals surface area contributed by atoms with Crippen molar-refractivity contribution in [3.63, 3.8) is 0 Å². The van der Waals surface area contributed by atoms with Crippen LogP contribution in [0.1, 0.15) is 60.2 Å². The van der Waals surface area contributed by atoms with Gasteiger partial charge in [-0.05, 0) is 74.8 Å². The fourth-order valence-corrected chi connectivity index (χ4v) is 7.74. The van der Waals surface area contributed by atoms with Gasteiger partial charge in [0, 0.05) is 59.2 Å². The Bertz CT molecular complexity index is 1790. The van der Waals surface area contributed by atoms with Gasteiger partial charge in [-0.15, -0.1) is 24.2 Å². The molecule has 240 valence electrons. The summed E-state index contributed by atoms with van der Waals surface area (Å²) in [6.45, 7) is 9.87. The first-order valence-corrected chi connectivity index (χ1v) is 16.6. The Labute approximate surface area is 271 Å². The zero-order valence-corrected chi connectivity index (χ0v) is 26.8. The Morgan fingerprint density at radius 2 is 1.78 bits per heavy atom. The lowest BCUT2D eigenvalue weighted by Gasteiger charge is -2.33. The number of hydrogen-bond donors (Lipinski definition) is 1. The van der Waals surface area contributed by atoms with E-state index in [9.17, 15) is 18.4 Å². The number of anilines is 1. The second kappa shape index (κ2) is 13.0. The Balaban J connectivity index is 0.00000182. The number of halogens is 3. The fraction of sp³-hybridized carbons (Fsp3) is 0.457. The minimum absolute atomic E-state index is 0.185. The summed E-state index contributed by atoms with van der Waals surface area (Å²) in [6.07, 6.45) is 11.0. The van der Waals surface area contributed by atoms with E-state index in [1.807, 2.05) is 6.07 Å². The molecule has 46 heavy (non-hydrogen) atoms. The average Bonchev–Trinajstić information content (AvgIpc) is 3.97. The van der Waals surface area contributed by atoms with Crippen molar-refractivity contribution in [3.8, 4) is 18.9 Å². The average molecular weight is 646 g/mol. The van der Waals surface area contributed by atoms with Gasteiger partial charge < -0.3 is 14.8 Å². The topological polar surface area (TPSA) is 73.0 Å². The number of thiophene rings is 1. The summed E-state index contributed by atoms with van der Waals surface area (Å²) in [6, 6.07) is 11.8. The molecule has 3 fully saturated rings. The van der Waals surface area contributed by atoms with E-state index in [1.165, 1.54) is 43.1 Å². The predicted octanol–water partition coefficient (Wildman–Crippen LogP) is 7.40. The van der Waals surface area contributed by atoms with Crippen molar-refractivity contribution in [3.05, 3.63) is 64.6 Å². The first-order valence-electron chi connectivity index (χ1n) is 15.8. The molecule has 1 aromatic carbocycles. The van der Waals surface area contributed by atoms with Crippen molar-refractivity contribution in [2.75, 3.05) is 18.4 Å². The number of terminal acetylenes is 1. The van der Waals surface area contributed by atoms with E-state index in [-0.39, 0.29) is 10.9 Å². The molecular weight excluding hydrogens is 607 g/mol. The number of fused-ring (bicyclic) bond motifs is 2. The van der Waals surface area contributed by atoms with Crippen LogP contribution >= 0.6 is 11.3 Å². The molecule has 4 aromatic rings. The molecule has 11 heteroatoms. The predicted molar refractivity (Wildman–Crippen MR) is 177 cm³/mol. The summed E-state index contributed by atoms with van der Waals surface area (Å²) in [5.41, 5.74) is 5.34. The van der Waals surface area contributed by atoms with Crippen LogP contribution in [-0.4, -0.2) is 61.7 Å². The summed E-state index contributed by atoms with van der Waals surface area (Å²) in [4.78, 5) is 14.3. The van der Waals surface area contributed by atoms with Gasteiger partial charge in [0.1, 0.15) is 28.7 Å². The van der Waals surface area contributed by atoms with E-state index in [2.05, 4.69) is 74.2 Å². The second-order valence-electron chi connectivity index (χ2n) is 12.6. The second-order valence-corrected chi connectivity index (χ2v) is 13.7. The minimum atomic E-state index is -4.25. The standard InChI is InChI=1S/C33H36F3N7S.C2H2/c1-20(43(24-4-5-24)25-6-7-25)17-42-26(16-37)13-28-21(2)22(3-8-30(28)42)18-41-11-9-23(10-12-41)40-31-29-14-27(15-33(34,35)36)44-32(29)39-19-38-31;1-2/h3,8,13-14,19,23-25H,1,4-7,9-12,15,17-18H2,2H3,(H,38,39,40);1-2H. The molecule has 1 aliphatic heterocycles. The number of likely N-dealkylation sites (tertiary alicyclic amines) is 1. The highest BCUT2D eigenvalue weighted by molar-refractivity contribution is 7.18. The van der Waals surface area contributed by atoms with Gasteiger partial charge in [-0.3, -0.25) is 4.90 Å². The van der Waals surface area contributed by atoms with Gasteiger partial charge >= 0.3 is 6.18 Å². The molecule has 0 spiro atoms. The van der Waals surface area contributed by atoms with Gasteiger partial charge in [-0.1, -0.05) is 12.6 Å². The SMILES string of the molecule is C#C.C=C(Cn1c(C#N)cc2c(C)c(CN3CCC(Nc4ncnc5sc(CC(F)(F)F)cc45)CC3)ccc21)N(C1CC1)C1CC1. The Kier molecular flexibility index (Phi) is 9.00. The van der Waals surface area contributed by atoms with E-state index < -0.39 is 12.6 Å². The smallest absolute Gasteiger partial charge is 0.368 e. The third-order valence-electron chi connectivity index (χ3n) is 9.25. The lowest BCUT2D eigenvalue weighted by atomic mass is 10.0. The summed E-state index contributed by atoms with van der Waals surface area (Å²) in [7, 11) is 0. The fourth-order valence-electron chi connectivity index (χ4n) is 6.71. The summed E-state index contributed by atoms with van der Waals surface area (Å²) in [5.74, 6) is 0.609. The molecule has 2 saturated carbocycles. The van der Waals surface area contributed by atoms with Crippen LogP contribution in [0.25, 0.3) is 21.1 Å². The molecule has 1 N–H and O–H groups in total. The van der Waals surface area contributed by atoms with Gasteiger partial charge in [-0.2, -0.15) is 18.4 Å². The van der Waals surface area contributed by atoms with Crippen molar-refractivity contribution in [2.45, 2.75) is 89.3 Å². The summed E-state index contributed by atoms with van der Waals surface area (Å²) >= 11 is 1.07. The van der Waals surface area contributed by atoms with Crippen molar-refractivity contribution < 1.29 is 13.2 Å². The first-order chi connectivity index (χ1) is 22.2. The van der Waals surface area contributed by atoms with Crippen LogP contribution in [0.3, 0.4) is 0 Å². The molecule has 3 aromatic heterocycles. The summed E-state index contributed by atoms with van der Waals surface area (Å²) < 4.78 is 40.9. The number of piperidine rings is 1. The van der Waals surface area contributed by atoms with Crippen molar-refractivity contribution in [1.82, 2.24) is 24.3 Å². The number of hydrogen-bond acceptors (Lipinski definition) is 7. The number of aryl methyl sites for hydroxylation is 1. The van der Waals surface area contributed by atoms with Crippen LogP contribution in [0.2, 0.25) is 0 Å². The quantitative estimate of drug-likeness (QED) is 0.181. The normalized spacial score (nSPS) is 17.4. The van der Waals surface area contributed by atoms with Gasteiger partial charge in [-0.25, -0.2) is 9.97 Å². The highest BCUT2D eigenvalue weighted by Crippen LogP contribution is 2.40. The number of rotatable bonds is 10. The Morgan fingerprint density at radius 3 is 2.41 bits per heavy atom. The molecule has 0 bridgehead atoms. The molecule has 3 aliphatic rings. The van der Waals surface area contributed by atoms with Gasteiger partial charge in [0.25, 0.3) is 0 Å². The van der Waals surface area contributed by atoms with Crippen LogP contribution in [0.5, 0.6) is 0 Å². The zero-order chi connectivity index (χ0) is 32.6. The van der Waals surface area contributed by atoms with E-state index in [4.69, 9.17) is 0 Å². The van der Waals surface area contributed by atoms with Crippen LogP contribution in [0.15, 0.2) is 42.9 Å². The lowest BCUT2D eigenvalue weighted by Crippen LogP contribution is -2.39. The largest absolute Gasteiger partial charge is 0.393 e. The number of alkyl halides is 3. The first kappa shape index (κ1) is 31.9. The maximum absolute atomic E-state index is 12.9. The molecule has 7 nitrogen and oxygen atoms in total. The van der Waals surface area contributed by atoms with Crippen molar-refractivity contribution in [1.29, 1.82) is 5.26 Å². The highest BCUT2D eigenvalue weighted by atomic mass is 32.1. The van der Waals surface area contributed by atoms with Crippen LogP contribution in [-0.2, 0) is 19.5 Å². The lowest BCUT2D eigenvalue weighted by molar-refractivity contribution is -0.126. The highest BCUT2D eigenvalue weighted by Gasteiger charge is 2.39. The molecule has 0 radical (unpaired) electrons. The van der Waals surface area contributed by atoms with Crippen LogP contribution < -0.4 is 5.32 Å². The molecule has 1 saturated heterocycles. The van der Waals surface area contributed by atoms with Gasteiger partial charge in [0.05, 0.1) is 18.4 Å². The molecule has 7 rings (SSSR count). The monoisotopic (exact) mass is 645 g/mol.